The summed E-state index contributed by atoms with van der Waals surface area (Å²) in [5, 5.41) is 0. The summed E-state index contributed by atoms with van der Waals surface area (Å²) in [6.07, 6.45) is 19.0. The molecule has 0 bridgehead atoms. The van der Waals surface area contributed by atoms with Crippen molar-refractivity contribution in [3.8, 4) is 0 Å². The molecule has 1 fully saturated rings. The first-order valence-electron chi connectivity index (χ1n) is 12.8. The van der Waals surface area contributed by atoms with E-state index in [1.54, 1.807) is 0 Å². The van der Waals surface area contributed by atoms with Gasteiger partial charge in [0.05, 0.1) is 0 Å². The molecule has 29 heavy (non-hydrogen) atoms. The van der Waals surface area contributed by atoms with Gasteiger partial charge in [-0.25, -0.2) is 0 Å². The first-order chi connectivity index (χ1) is 13.8. The van der Waals surface area contributed by atoms with Crippen LogP contribution in [0, 0.1) is 35.5 Å². The van der Waals surface area contributed by atoms with Gasteiger partial charge in [-0.3, -0.25) is 0 Å². The predicted molar refractivity (Wildman–Crippen MR) is 132 cm³/mol. The van der Waals surface area contributed by atoms with Gasteiger partial charge in [0.15, 0.2) is 0 Å². The van der Waals surface area contributed by atoms with Crippen LogP contribution in [0.1, 0.15) is 99.3 Å². The van der Waals surface area contributed by atoms with Crippen molar-refractivity contribution in [3.63, 3.8) is 0 Å². The van der Waals surface area contributed by atoms with Crippen LogP contribution in [0.4, 0.5) is 0 Å². The summed E-state index contributed by atoms with van der Waals surface area (Å²) in [5.41, 5.74) is 0. The summed E-state index contributed by atoms with van der Waals surface area (Å²) in [6.45, 7) is 19.8. The van der Waals surface area contributed by atoms with Gasteiger partial charge in [-0.1, -0.05) is 98.3 Å². The van der Waals surface area contributed by atoms with Gasteiger partial charge in [0.1, 0.15) is 0 Å². The molecule has 170 valence electrons. The Morgan fingerprint density at radius 1 is 1.00 bits per heavy atom. The van der Waals surface area contributed by atoms with Crippen molar-refractivity contribution in [2.24, 2.45) is 35.5 Å². The Morgan fingerprint density at radius 3 is 2.24 bits per heavy atom. The summed E-state index contributed by atoms with van der Waals surface area (Å²) in [4.78, 5) is 2.70. The van der Waals surface area contributed by atoms with E-state index < -0.39 is 0 Å². The Morgan fingerprint density at radius 2 is 1.66 bits per heavy atom. The maximum absolute atomic E-state index is 3.87. The van der Waals surface area contributed by atoms with E-state index in [4.69, 9.17) is 0 Å². The molecule has 1 heteroatoms. The molecule has 1 nitrogen and oxygen atoms in total. The van der Waals surface area contributed by atoms with Crippen molar-refractivity contribution in [1.29, 1.82) is 0 Å². The standard InChI is InChI=1S/C28H53N/c1-9-11-12-16-24(5)28(20-25(6)26(7)27-17-13-14-18-27)29(8)21-23(4)19-22(3)15-10-2/h9,12,16,22-28H,1,10-11,13-15,17-21H2,2-8H3/b16-12-. The second-order valence-corrected chi connectivity index (χ2v) is 10.7. The first-order valence-corrected chi connectivity index (χ1v) is 12.8. The van der Waals surface area contributed by atoms with Crippen LogP contribution < -0.4 is 0 Å². The predicted octanol–water partition coefficient (Wildman–Crippen LogP) is 8.37. The molecule has 0 aromatic carbocycles. The molecule has 0 aromatic heterocycles. The third-order valence-corrected chi connectivity index (χ3v) is 7.76. The van der Waals surface area contributed by atoms with Crippen LogP contribution in [-0.2, 0) is 0 Å². The normalized spacial score (nSPS) is 21.9. The summed E-state index contributed by atoms with van der Waals surface area (Å²) in [7, 11) is 2.39. The number of allylic oxidation sites excluding steroid dienone is 2. The number of rotatable bonds is 15. The van der Waals surface area contributed by atoms with E-state index in [0.717, 1.165) is 36.0 Å². The average Bonchev–Trinajstić information content (AvgIpc) is 3.19. The number of nitrogens with zero attached hydrogens (tertiary/aromatic N) is 1. The van der Waals surface area contributed by atoms with E-state index in [0.29, 0.717) is 12.0 Å². The molecule has 0 amide bonds. The summed E-state index contributed by atoms with van der Waals surface area (Å²) < 4.78 is 0. The highest BCUT2D eigenvalue weighted by molar-refractivity contribution is 4.96. The van der Waals surface area contributed by atoms with E-state index in [-0.39, 0.29) is 0 Å². The fraction of sp³-hybridized carbons (Fsp3) is 0.857. The number of hydrogen-bond donors (Lipinski definition) is 0. The average molecular weight is 404 g/mol. The molecule has 0 heterocycles. The molecular formula is C28H53N. The Labute approximate surface area is 184 Å². The van der Waals surface area contributed by atoms with Gasteiger partial charge in [-0.2, -0.15) is 0 Å². The second-order valence-electron chi connectivity index (χ2n) is 10.7. The van der Waals surface area contributed by atoms with Crippen molar-refractivity contribution in [1.82, 2.24) is 4.90 Å². The van der Waals surface area contributed by atoms with Gasteiger partial charge >= 0.3 is 0 Å². The molecule has 0 N–H and O–H groups in total. The molecule has 6 unspecified atom stereocenters. The minimum atomic E-state index is 0.596. The fourth-order valence-electron chi connectivity index (χ4n) is 5.86. The first kappa shape index (κ1) is 26.5. The van der Waals surface area contributed by atoms with Gasteiger partial charge < -0.3 is 4.90 Å². The highest BCUT2D eigenvalue weighted by Crippen LogP contribution is 2.37. The zero-order valence-electron chi connectivity index (χ0n) is 21.0. The summed E-state index contributed by atoms with van der Waals surface area (Å²) in [6, 6.07) is 0.638. The van der Waals surface area contributed by atoms with Crippen molar-refractivity contribution in [2.75, 3.05) is 13.6 Å². The summed E-state index contributed by atoms with van der Waals surface area (Å²) >= 11 is 0. The third-order valence-electron chi connectivity index (χ3n) is 7.76. The molecule has 1 rings (SSSR count). The van der Waals surface area contributed by atoms with Crippen LogP contribution in [0.2, 0.25) is 0 Å². The molecule has 0 aromatic rings. The topological polar surface area (TPSA) is 3.24 Å². The van der Waals surface area contributed by atoms with Crippen LogP contribution >= 0.6 is 0 Å². The Kier molecular flexibility index (Phi) is 13.2. The van der Waals surface area contributed by atoms with E-state index >= 15 is 0 Å². The molecule has 1 saturated carbocycles. The minimum Gasteiger partial charge on any atom is -0.303 e. The molecule has 6 atom stereocenters. The molecule has 0 saturated heterocycles. The molecule has 0 radical (unpaired) electrons. The molecule has 1 aliphatic rings. The third kappa shape index (κ3) is 9.86. The van der Waals surface area contributed by atoms with Gasteiger partial charge in [-0.15, -0.1) is 6.58 Å². The van der Waals surface area contributed by atoms with Gasteiger partial charge in [0.2, 0.25) is 0 Å². The van der Waals surface area contributed by atoms with E-state index in [9.17, 15) is 0 Å². The summed E-state index contributed by atoms with van der Waals surface area (Å²) in [5.74, 6) is 4.86. The van der Waals surface area contributed by atoms with Crippen molar-refractivity contribution in [2.45, 2.75) is 105 Å². The van der Waals surface area contributed by atoms with Gasteiger partial charge in [0, 0.05) is 12.6 Å². The zero-order valence-corrected chi connectivity index (χ0v) is 21.0. The Bertz CT molecular complexity index is 447. The monoisotopic (exact) mass is 403 g/mol. The van der Waals surface area contributed by atoms with Crippen LogP contribution in [0.25, 0.3) is 0 Å². The van der Waals surface area contributed by atoms with Crippen LogP contribution in [0.5, 0.6) is 0 Å². The fourth-order valence-corrected chi connectivity index (χ4v) is 5.86. The van der Waals surface area contributed by atoms with Gasteiger partial charge in [0.25, 0.3) is 0 Å². The van der Waals surface area contributed by atoms with E-state index in [2.05, 4.69) is 72.2 Å². The highest BCUT2D eigenvalue weighted by atomic mass is 15.1. The van der Waals surface area contributed by atoms with Crippen LogP contribution in [0.3, 0.4) is 0 Å². The van der Waals surface area contributed by atoms with Gasteiger partial charge in [-0.05, 0) is 61.8 Å². The van der Waals surface area contributed by atoms with Crippen molar-refractivity contribution in [3.05, 3.63) is 24.8 Å². The smallest absolute Gasteiger partial charge is 0.0155 e. The van der Waals surface area contributed by atoms with E-state index in [1.807, 2.05) is 6.08 Å². The quantitative estimate of drug-likeness (QED) is 0.248. The maximum atomic E-state index is 3.87. The van der Waals surface area contributed by atoms with Crippen molar-refractivity contribution >= 4 is 0 Å². The molecular weight excluding hydrogens is 350 g/mol. The van der Waals surface area contributed by atoms with E-state index in [1.165, 1.54) is 57.9 Å². The SMILES string of the molecule is C=CC/C=C\C(C)C(CC(C)C(C)C1CCCC1)N(C)CC(C)CC(C)CCC. The lowest BCUT2D eigenvalue weighted by Gasteiger charge is -2.38. The largest absolute Gasteiger partial charge is 0.303 e. The lowest BCUT2D eigenvalue weighted by Crippen LogP contribution is -2.41. The molecule has 1 aliphatic carbocycles. The molecule has 0 aliphatic heterocycles. The number of hydrogen-bond acceptors (Lipinski definition) is 1. The zero-order chi connectivity index (χ0) is 21.8. The van der Waals surface area contributed by atoms with Crippen LogP contribution in [0.15, 0.2) is 24.8 Å². The lowest BCUT2D eigenvalue weighted by atomic mass is 9.78. The Hall–Kier alpha value is -0.560. The van der Waals surface area contributed by atoms with Crippen LogP contribution in [-0.4, -0.2) is 24.5 Å². The molecule has 0 spiro atoms. The highest BCUT2D eigenvalue weighted by Gasteiger charge is 2.30. The van der Waals surface area contributed by atoms with Crippen molar-refractivity contribution < 1.29 is 0 Å². The lowest BCUT2D eigenvalue weighted by molar-refractivity contribution is 0.125. The minimum absolute atomic E-state index is 0.596. The Balaban J connectivity index is 2.76. The second kappa shape index (κ2) is 14.4. The maximum Gasteiger partial charge on any atom is 0.0155 e.